The Labute approximate surface area is 122 Å². The van der Waals surface area contributed by atoms with Gasteiger partial charge >= 0.3 is 6.18 Å². The zero-order chi connectivity index (χ0) is 15.3. The van der Waals surface area contributed by atoms with Gasteiger partial charge in [-0.15, -0.1) is 0 Å². The van der Waals surface area contributed by atoms with E-state index in [2.05, 4.69) is 10.3 Å². The van der Waals surface area contributed by atoms with Crippen LogP contribution in [0.5, 0.6) is 0 Å². The molecule has 0 fully saturated rings. The minimum absolute atomic E-state index is 0.153. The maximum absolute atomic E-state index is 12.8. The lowest BCUT2D eigenvalue weighted by Crippen LogP contribution is -2.23. The van der Waals surface area contributed by atoms with Gasteiger partial charge in [0.1, 0.15) is 0 Å². The molecule has 5 heteroatoms. The quantitative estimate of drug-likeness (QED) is 0.901. The maximum atomic E-state index is 12.8. The lowest BCUT2D eigenvalue weighted by atomic mass is 9.97. The minimum Gasteiger partial charge on any atom is -0.310 e. The summed E-state index contributed by atoms with van der Waals surface area (Å²) in [6.07, 6.45) is -0.323. The van der Waals surface area contributed by atoms with E-state index in [4.69, 9.17) is 0 Å². The summed E-state index contributed by atoms with van der Waals surface area (Å²) in [6, 6.07) is 9.09. The summed E-state index contributed by atoms with van der Waals surface area (Å²) in [7, 11) is 0. The fourth-order valence-corrected chi connectivity index (χ4v) is 2.24. The highest BCUT2D eigenvalue weighted by Gasteiger charge is 2.30. The topological polar surface area (TPSA) is 24.9 Å². The molecule has 2 rings (SSSR count). The second kappa shape index (κ2) is 6.72. The predicted molar refractivity (Wildman–Crippen MR) is 75.8 cm³/mol. The first-order chi connectivity index (χ1) is 10.0. The third-order valence-corrected chi connectivity index (χ3v) is 3.26. The van der Waals surface area contributed by atoms with Gasteiger partial charge in [-0.1, -0.05) is 19.1 Å². The van der Waals surface area contributed by atoms with Gasteiger partial charge in [0.2, 0.25) is 0 Å². The highest BCUT2D eigenvalue weighted by molar-refractivity contribution is 5.29. The summed E-state index contributed by atoms with van der Waals surface area (Å²) < 4.78 is 38.4. The van der Waals surface area contributed by atoms with Crippen LogP contribution in [0.4, 0.5) is 13.2 Å². The Morgan fingerprint density at radius 1 is 1.14 bits per heavy atom. The van der Waals surface area contributed by atoms with Gasteiger partial charge in [-0.25, -0.2) is 0 Å². The number of nitrogens with zero attached hydrogens (tertiary/aromatic N) is 1. The number of benzene rings is 1. The number of hydrogen-bond donors (Lipinski definition) is 1. The van der Waals surface area contributed by atoms with Crippen LogP contribution in [0.25, 0.3) is 0 Å². The van der Waals surface area contributed by atoms with Crippen LogP contribution >= 0.6 is 0 Å². The van der Waals surface area contributed by atoms with Gasteiger partial charge in [0, 0.05) is 18.4 Å². The van der Waals surface area contributed by atoms with Crippen LogP contribution in [0.15, 0.2) is 48.8 Å². The summed E-state index contributed by atoms with van der Waals surface area (Å²) in [6.45, 7) is 2.62. The molecule has 0 saturated heterocycles. The van der Waals surface area contributed by atoms with Crippen LogP contribution < -0.4 is 5.32 Å². The standard InChI is InChI=1S/C16H17F3N2/c1-2-21-15(10-12-6-8-20-9-7-12)13-4-3-5-14(11-13)16(17,18)19/h3-9,11,15,21H,2,10H2,1H3. The van der Waals surface area contributed by atoms with Crippen molar-refractivity contribution in [1.82, 2.24) is 10.3 Å². The van der Waals surface area contributed by atoms with E-state index < -0.39 is 11.7 Å². The van der Waals surface area contributed by atoms with Crippen molar-refractivity contribution in [2.24, 2.45) is 0 Å². The number of nitrogens with one attached hydrogen (secondary N) is 1. The van der Waals surface area contributed by atoms with Gasteiger partial charge in [0.15, 0.2) is 0 Å². The first kappa shape index (κ1) is 15.5. The molecule has 0 amide bonds. The van der Waals surface area contributed by atoms with E-state index in [1.165, 1.54) is 12.1 Å². The van der Waals surface area contributed by atoms with Crippen molar-refractivity contribution in [1.29, 1.82) is 0 Å². The van der Waals surface area contributed by atoms with Gasteiger partial charge in [0.25, 0.3) is 0 Å². The van der Waals surface area contributed by atoms with Crippen molar-refractivity contribution < 1.29 is 13.2 Å². The van der Waals surface area contributed by atoms with Gasteiger partial charge < -0.3 is 5.32 Å². The van der Waals surface area contributed by atoms with Crippen molar-refractivity contribution in [3.8, 4) is 0 Å². The molecule has 0 aliphatic rings. The highest BCUT2D eigenvalue weighted by Crippen LogP contribution is 2.31. The van der Waals surface area contributed by atoms with Gasteiger partial charge in [-0.05, 0) is 48.4 Å². The number of aromatic nitrogens is 1. The number of pyridine rings is 1. The first-order valence-electron chi connectivity index (χ1n) is 6.80. The number of rotatable bonds is 5. The molecule has 2 aromatic rings. The molecule has 2 nitrogen and oxygen atoms in total. The SMILES string of the molecule is CCNC(Cc1ccncc1)c1cccc(C(F)(F)F)c1. The second-order valence-corrected chi connectivity index (χ2v) is 4.79. The van der Waals surface area contributed by atoms with Crippen LogP contribution in [-0.2, 0) is 12.6 Å². The molecule has 21 heavy (non-hydrogen) atoms. The lowest BCUT2D eigenvalue weighted by Gasteiger charge is -2.20. The minimum atomic E-state index is -4.32. The van der Waals surface area contributed by atoms with Crippen molar-refractivity contribution >= 4 is 0 Å². The van der Waals surface area contributed by atoms with E-state index in [0.29, 0.717) is 18.5 Å². The molecule has 1 heterocycles. The molecule has 1 aromatic carbocycles. The molecule has 0 radical (unpaired) electrons. The normalized spacial score (nSPS) is 13.1. The average Bonchev–Trinajstić information content (AvgIpc) is 2.47. The monoisotopic (exact) mass is 294 g/mol. The largest absolute Gasteiger partial charge is 0.416 e. The third kappa shape index (κ3) is 4.29. The lowest BCUT2D eigenvalue weighted by molar-refractivity contribution is -0.137. The van der Waals surface area contributed by atoms with Crippen LogP contribution in [0.2, 0.25) is 0 Å². The summed E-state index contributed by atoms with van der Waals surface area (Å²) in [4.78, 5) is 3.95. The third-order valence-electron chi connectivity index (χ3n) is 3.26. The fraction of sp³-hybridized carbons (Fsp3) is 0.312. The van der Waals surface area contributed by atoms with Crippen LogP contribution in [0, 0.1) is 0 Å². The zero-order valence-electron chi connectivity index (χ0n) is 11.7. The summed E-state index contributed by atoms with van der Waals surface area (Å²) in [5.41, 5.74) is 1.06. The molecule has 0 bridgehead atoms. The van der Waals surface area contributed by atoms with Crippen molar-refractivity contribution in [3.05, 3.63) is 65.5 Å². The average molecular weight is 294 g/mol. The van der Waals surface area contributed by atoms with Gasteiger partial charge in [-0.3, -0.25) is 4.98 Å². The summed E-state index contributed by atoms with van der Waals surface area (Å²) in [5, 5.41) is 3.24. The van der Waals surface area contributed by atoms with E-state index in [0.717, 1.165) is 11.6 Å². The summed E-state index contributed by atoms with van der Waals surface area (Å²) >= 11 is 0. The van der Waals surface area contributed by atoms with Crippen molar-refractivity contribution in [3.63, 3.8) is 0 Å². The number of hydrogen-bond acceptors (Lipinski definition) is 2. The molecule has 0 spiro atoms. The Morgan fingerprint density at radius 2 is 1.86 bits per heavy atom. The van der Waals surface area contributed by atoms with E-state index in [1.54, 1.807) is 18.5 Å². The van der Waals surface area contributed by atoms with Crippen molar-refractivity contribution in [2.45, 2.75) is 25.6 Å². The number of likely N-dealkylation sites (N-methyl/N-ethyl adjacent to an activating group) is 1. The van der Waals surface area contributed by atoms with Crippen LogP contribution in [-0.4, -0.2) is 11.5 Å². The maximum Gasteiger partial charge on any atom is 0.416 e. The molecule has 1 aromatic heterocycles. The molecular formula is C16H17F3N2. The molecule has 1 unspecified atom stereocenters. The van der Waals surface area contributed by atoms with E-state index >= 15 is 0 Å². The molecule has 1 N–H and O–H groups in total. The molecule has 1 atom stereocenters. The van der Waals surface area contributed by atoms with Gasteiger partial charge in [-0.2, -0.15) is 13.2 Å². The molecule has 0 aliphatic heterocycles. The Balaban J connectivity index is 2.26. The number of alkyl halides is 3. The second-order valence-electron chi connectivity index (χ2n) is 4.79. The zero-order valence-corrected chi connectivity index (χ0v) is 11.7. The van der Waals surface area contributed by atoms with Gasteiger partial charge in [0.05, 0.1) is 5.56 Å². The molecule has 112 valence electrons. The molecular weight excluding hydrogens is 277 g/mol. The first-order valence-corrected chi connectivity index (χ1v) is 6.80. The molecule has 0 aliphatic carbocycles. The Kier molecular flexibility index (Phi) is 4.96. The van der Waals surface area contributed by atoms with Crippen molar-refractivity contribution in [2.75, 3.05) is 6.54 Å². The van der Waals surface area contributed by atoms with Crippen LogP contribution in [0.1, 0.15) is 29.7 Å². The smallest absolute Gasteiger partial charge is 0.310 e. The Morgan fingerprint density at radius 3 is 2.48 bits per heavy atom. The van der Waals surface area contributed by atoms with E-state index in [-0.39, 0.29) is 6.04 Å². The predicted octanol–water partition coefficient (Wildman–Crippen LogP) is 3.99. The summed E-state index contributed by atoms with van der Waals surface area (Å²) in [5.74, 6) is 0. The highest BCUT2D eigenvalue weighted by atomic mass is 19.4. The number of halogens is 3. The Hall–Kier alpha value is -1.88. The molecule has 0 saturated carbocycles. The fourth-order valence-electron chi connectivity index (χ4n) is 2.24. The van der Waals surface area contributed by atoms with E-state index in [1.807, 2.05) is 19.1 Å². The van der Waals surface area contributed by atoms with Crippen LogP contribution in [0.3, 0.4) is 0 Å². The Bertz CT molecular complexity index is 567. The van der Waals surface area contributed by atoms with E-state index in [9.17, 15) is 13.2 Å².